The van der Waals surface area contributed by atoms with Crippen LogP contribution in [-0.4, -0.2) is 38.5 Å². The number of likely N-dealkylation sites (tertiary alicyclic amines) is 1. The molecule has 1 aliphatic carbocycles. The number of aromatic hydroxyl groups is 1. The lowest BCUT2D eigenvalue weighted by molar-refractivity contribution is -0.0266. The molecule has 1 fully saturated rings. The van der Waals surface area contributed by atoms with E-state index in [-0.39, 0.29) is 22.8 Å². The van der Waals surface area contributed by atoms with Gasteiger partial charge in [0, 0.05) is 23.6 Å². The van der Waals surface area contributed by atoms with Crippen molar-refractivity contribution in [1.82, 2.24) is 14.9 Å². The van der Waals surface area contributed by atoms with Gasteiger partial charge in [-0.15, -0.1) is 0 Å². The molecule has 1 saturated heterocycles. The van der Waals surface area contributed by atoms with Gasteiger partial charge in [-0.25, -0.2) is 4.98 Å². The number of imidazole rings is 1. The van der Waals surface area contributed by atoms with Gasteiger partial charge in [0.2, 0.25) is 0 Å². The number of hydrogen-bond acceptors (Lipinski definition) is 3. The van der Waals surface area contributed by atoms with Gasteiger partial charge in [-0.05, 0) is 53.6 Å². The number of amides is 1. The first-order chi connectivity index (χ1) is 13.3. The zero-order chi connectivity index (χ0) is 19.7. The van der Waals surface area contributed by atoms with Gasteiger partial charge in [-0.3, -0.25) is 4.79 Å². The standard InChI is InChI=1S/C23H25N3O2/c1-22(2)20-12-15-16(5-4-6-19(15)27)23(22,3)9-10-26(20)21(28)14-7-8-17-18(11-14)25-13-24-17/h4-8,11,13,20,27H,9-10,12H2,1-3H3,(H,24,25)/t20-,23-/m1/s1. The number of nitrogens with zero attached hydrogens (tertiary/aromatic N) is 2. The topological polar surface area (TPSA) is 69.2 Å². The molecular weight excluding hydrogens is 350 g/mol. The SMILES string of the molecule is CC1(C)[C@H]2Cc3c(O)cccc3[C@@]1(C)CCN2C(=O)c1ccc2nc[nH]c2c1. The fourth-order valence-corrected chi connectivity index (χ4v) is 5.40. The Morgan fingerprint density at radius 2 is 2.07 bits per heavy atom. The molecule has 0 spiro atoms. The van der Waals surface area contributed by atoms with E-state index in [0.717, 1.165) is 29.6 Å². The lowest BCUT2D eigenvalue weighted by atomic mass is 9.51. The van der Waals surface area contributed by atoms with E-state index >= 15 is 0 Å². The van der Waals surface area contributed by atoms with Crippen LogP contribution in [-0.2, 0) is 11.8 Å². The van der Waals surface area contributed by atoms with Crippen LogP contribution in [0.1, 0.15) is 48.7 Å². The van der Waals surface area contributed by atoms with Crippen molar-refractivity contribution in [3.8, 4) is 5.75 Å². The second-order valence-electron chi connectivity index (χ2n) is 8.96. The average molecular weight is 375 g/mol. The molecule has 2 atom stereocenters. The van der Waals surface area contributed by atoms with Crippen LogP contribution >= 0.6 is 0 Å². The first-order valence-electron chi connectivity index (χ1n) is 9.88. The van der Waals surface area contributed by atoms with Gasteiger partial charge in [0.25, 0.3) is 5.91 Å². The Morgan fingerprint density at radius 3 is 2.89 bits per heavy atom. The van der Waals surface area contributed by atoms with Crippen molar-refractivity contribution < 1.29 is 9.90 Å². The monoisotopic (exact) mass is 375 g/mol. The summed E-state index contributed by atoms with van der Waals surface area (Å²) in [6.07, 6.45) is 3.21. The third kappa shape index (κ3) is 2.13. The van der Waals surface area contributed by atoms with Crippen LogP contribution < -0.4 is 0 Å². The maximum absolute atomic E-state index is 13.5. The van der Waals surface area contributed by atoms with Crippen molar-refractivity contribution in [1.29, 1.82) is 0 Å². The normalized spacial score (nSPS) is 25.5. The minimum Gasteiger partial charge on any atom is -0.508 e. The molecule has 5 heteroatoms. The van der Waals surface area contributed by atoms with Crippen LogP contribution in [0.4, 0.5) is 0 Å². The molecule has 2 heterocycles. The van der Waals surface area contributed by atoms with E-state index in [1.807, 2.05) is 29.2 Å². The number of phenols is 1. The van der Waals surface area contributed by atoms with Crippen LogP contribution in [0.2, 0.25) is 0 Å². The average Bonchev–Trinajstić information content (AvgIpc) is 3.12. The lowest BCUT2D eigenvalue weighted by Gasteiger charge is -2.60. The number of aromatic amines is 1. The molecule has 3 aromatic rings. The number of carbonyl (C=O) groups is 1. The summed E-state index contributed by atoms with van der Waals surface area (Å²) < 4.78 is 0. The molecule has 144 valence electrons. The summed E-state index contributed by atoms with van der Waals surface area (Å²) in [5.74, 6) is 0.396. The maximum Gasteiger partial charge on any atom is 0.254 e. The number of piperidine rings is 1. The molecule has 2 bridgehead atoms. The van der Waals surface area contributed by atoms with Gasteiger partial charge in [-0.2, -0.15) is 0 Å². The van der Waals surface area contributed by atoms with E-state index in [1.54, 1.807) is 12.4 Å². The summed E-state index contributed by atoms with van der Waals surface area (Å²) in [6, 6.07) is 11.5. The number of hydrogen-bond donors (Lipinski definition) is 2. The predicted octanol–water partition coefficient (Wildman–Crippen LogP) is 4.02. The molecule has 5 nitrogen and oxygen atoms in total. The Morgan fingerprint density at radius 1 is 1.25 bits per heavy atom. The molecule has 2 aromatic carbocycles. The Balaban J connectivity index is 1.58. The number of benzene rings is 2. The second kappa shape index (κ2) is 5.60. The van der Waals surface area contributed by atoms with Crippen molar-refractivity contribution in [3.05, 3.63) is 59.4 Å². The largest absolute Gasteiger partial charge is 0.508 e. The van der Waals surface area contributed by atoms with Crippen LogP contribution in [0.5, 0.6) is 5.75 Å². The molecule has 2 aliphatic rings. The van der Waals surface area contributed by atoms with E-state index < -0.39 is 0 Å². The van der Waals surface area contributed by atoms with Gasteiger partial charge in [-0.1, -0.05) is 32.9 Å². The minimum absolute atomic E-state index is 0.0389. The second-order valence-corrected chi connectivity index (χ2v) is 8.96. The van der Waals surface area contributed by atoms with Crippen molar-refractivity contribution in [2.24, 2.45) is 5.41 Å². The van der Waals surface area contributed by atoms with E-state index in [0.29, 0.717) is 17.7 Å². The van der Waals surface area contributed by atoms with Crippen molar-refractivity contribution in [2.75, 3.05) is 6.54 Å². The summed E-state index contributed by atoms with van der Waals surface area (Å²) >= 11 is 0. The quantitative estimate of drug-likeness (QED) is 0.675. The molecule has 2 N–H and O–H groups in total. The molecule has 1 aromatic heterocycles. The van der Waals surface area contributed by atoms with E-state index in [9.17, 15) is 9.90 Å². The first kappa shape index (κ1) is 17.3. The highest BCUT2D eigenvalue weighted by Gasteiger charge is 2.57. The molecule has 0 radical (unpaired) electrons. The number of aromatic nitrogens is 2. The third-order valence-corrected chi connectivity index (χ3v) is 7.56. The highest BCUT2D eigenvalue weighted by atomic mass is 16.3. The molecule has 0 saturated carbocycles. The van der Waals surface area contributed by atoms with E-state index in [2.05, 4.69) is 36.8 Å². The number of rotatable bonds is 1. The minimum atomic E-state index is -0.0974. The lowest BCUT2D eigenvalue weighted by Crippen LogP contribution is -2.64. The molecule has 0 unspecified atom stereocenters. The van der Waals surface area contributed by atoms with Crippen LogP contribution in [0.15, 0.2) is 42.7 Å². The van der Waals surface area contributed by atoms with Gasteiger partial charge in [0.05, 0.1) is 17.4 Å². The number of carbonyl (C=O) groups excluding carboxylic acids is 1. The predicted molar refractivity (Wildman–Crippen MR) is 108 cm³/mol. The molecule has 1 amide bonds. The Kier molecular flexibility index (Phi) is 3.46. The van der Waals surface area contributed by atoms with Gasteiger partial charge >= 0.3 is 0 Å². The van der Waals surface area contributed by atoms with Crippen LogP contribution in [0.25, 0.3) is 11.0 Å². The highest BCUT2D eigenvalue weighted by Crippen LogP contribution is 2.57. The summed E-state index contributed by atoms with van der Waals surface area (Å²) in [6.45, 7) is 7.54. The summed E-state index contributed by atoms with van der Waals surface area (Å²) in [7, 11) is 0. The number of phenolic OH excluding ortho intramolecular Hbond substituents is 1. The Labute approximate surface area is 164 Å². The van der Waals surface area contributed by atoms with Crippen molar-refractivity contribution in [3.63, 3.8) is 0 Å². The fourth-order valence-electron chi connectivity index (χ4n) is 5.40. The number of fused-ring (bicyclic) bond motifs is 5. The van der Waals surface area contributed by atoms with Crippen LogP contribution in [0, 0.1) is 5.41 Å². The Bertz CT molecular complexity index is 1100. The first-order valence-corrected chi connectivity index (χ1v) is 9.88. The van der Waals surface area contributed by atoms with Gasteiger partial charge in [0.1, 0.15) is 5.75 Å². The third-order valence-electron chi connectivity index (χ3n) is 7.56. The molecular formula is C23H25N3O2. The van der Waals surface area contributed by atoms with E-state index in [4.69, 9.17) is 0 Å². The number of nitrogens with one attached hydrogen (secondary N) is 1. The zero-order valence-corrected chi connectivity index (χ0v) is 16.5. The smallest absolute Gasteiger partial charge is 0.254 e. The number of H-pyrrole nitrogens is 1. The summed E-state index contributed by atoms with van der Waals surface area (Å²) in [5, 5.41) is 10.5. The van der Waals surface area contributed by atoms with Gasteiger partial charge < -0.3 is 15.0 Å². The fraction of sp³-hybridized carbons (Fsp3) is 0.391. The molecule has 5 rings (SSSR count). The Hall–Kier alpha value is -2.82. The van der Waals surface area contributed by atoms with Crippen molar-refractivity contribution in [2.45, 2.75) is 45.1 Å². The van der Waals surface area contributed by atoms with Gasteiger partial charge in [0.15, 0.2) is 0 Å². The maximum atomic E-state index is 13.5. The zero-order valence-electron chi connectivity index (χ0n) is 16.5. The summed E-state index contributed by atoms with van der Waals surface area (Å²) in [5.41, 5.74) is 4.47. The highest BCUT2D eigenvalue weighted by molar-refractivity contribution is 5.97. The van der Waals surface area contributed by atoms with Crippen LogP contribution in [0.3, 0.4) is 0 Å². The van der Waals surface area contributed by atoms with E-state index in [1.165, 1.54) is 5.56 Å². The molecule has 1 aliphatic heterocycles. The molecule has 28 heavy (non-hydrogen) atoms. The van der Waals surface area contributed by atoms with Crippen molar-refractivity contribution >= 4 is 16.9 Å². The summed E-state index contributed by atoms with van der Waals surface area (Å²) in [4.78, 5) is 22.8.